The highest BCUT2D eigenvalue weighted by atomic mass is 19.1. The summed E-state index contributed by atoms with van der Waals surface area (Å²) in [4.78, 5) is 16.7. The number of nitrogens with zero attached hydrogens (tertiary/aromatic N) is 2. The van der Waals surface area contributed by atoms with Crippen LogP contribution in [0.3, 0.4) is 0 Å². The molecule has 122 valence electrons. The van der Waals surface area contributed by atoms with Crippen LogP contribution in [0.4, 0.5) is 4.39 Å². The van der Waals surface area contributed by atoms with Gasteiger partial charge in [-0.3, -0.25) is 9.78 Å². The molecule has 2 aromatic carbocycles. The number of hydrogen-bond donors (Lipinski definition) is 1. The van der Waals surface area contributed by atoms with Gasteiger partial charge < -0.3 is 5.32 Å². The molecule has 0 saturated carbocycles. The molecule has 3 aromatic rings. The zero-order chi connectivity index (χ0) is 17.6. The molecule has 0 bridgehead atoms. The molecule has 0 spiro atoms. The molecule has 1 amide bonds. The summed E-state index contributed by atoms with van der Waals surface area (Å²) in [6.07, 6.45) is 1.60. The minimum Gasteiger partial charge on any atom is -0.348 e. The summed E-state index contributed by atoms with van der Waals surface area (Å²) < 4.78 is 13.6. The van der Waals surface area contributed by atoms with E-state index >= 15 is 0 Å². The Kier molecular flexibility index (Phi) is 4.82. The van der Waals surface area contributed by atoms with Crippen molar-refractivity contribution in [2.24, 2.45) is 0 Å². The molecular weight excluding hydrogens is 317 g/mol. The summed E-state index contributed by atoms with van der Waals surface area (Å²) in [7, 11) is 0. The summed E-state index contributed by atoms with van der Waals surface area (Å²) in [6.45, 7) is 0.309. The van der Waals surface area contributed by atoms with Crippen LogP contribution in [0.2, 0.25) is 0 Å². The maximum absolute atomic E-state index is 13.6. The van der Waals surface area contributed by atoms with Crippen LogP contribution in [0.25, 0.3) is 11.3 Å². The van der Waals surface area contributed by atoms with E-state index in [9.17, 15) is 9.18 Å². The zero-order valence-electron chi connectivity index (χ0n) is 13.2. The topological polar surface area (TPSA) is 65.8 Å². The number of carbonyl (C=O) groups excluding carboxylic acids is 1. The van der Waals surface area contributed by atoms with E-state index in [0.29, 0.717) is 28.9 Å². The van der Waals surface area contributed by atoms with Gasteiger partial charge in [0.1, 0.15) is 5.82 Å². The molecule has 0 fully saturated rings. The molecule has 1 aromatic heterocycles. The second-order valence-corrected chi connectivity index (χ2v) is 5.40. The summed E-state index contributed by atoms with van der Waals surface area (Å²) in [6, 6.07) is 18.3. The first-order valence-corrected chi connectivity index (χ1v) is 7.65. The number of amides is 1. The molecule has 0 aliphatic carbocycles. The van der Waals surface area contributed by atoms with Crippen LogP contribution in [-0.4, -0.2) is 10.9 Å². The van der Waals surface area contributed by atoms with Crippen LogP contribution in [0.5, 0.6) is 0 Å². The van der Waals surface area contributed by atoms with Crippen LogP contribution in [0.1, 0.15) is 21.5 Å². The molecule has 25 heavy (non-hydrogen) atoms. The fraction of sp³-hybridized carbons (Fsp3) is 0.0500. The Bertz CT molecular complexity index is 931. The normalized spacial score (nSPS) is 10.1. The predicted molar refractivity (Wildman–Crippen MR) is 92.0 cm³/mol. The van der Waals surface area contributed by atoms with Crippen molar-refractivity contribution in [1.82, 2.24) is 10.3 Å². The van der Waals surface area contributed by atoms with Gasteiger partial charge in [0, 0.05) is 23.9 Å². The summed E-state index contributed by atoms with van der Waals surface area (Å²) in [5.74, 6) is -0.741. The molecular formula is C20H14FN3O. The van der Waals surface area contributed by atoms with Crippen LogP contribution in [0.15, 0.2) is 66.9 Å². The number of pyridine rings is 1. The quantitative estimate of drug-likeness (QED) is 0.793. The van der Waals surface area contributed by atoms with Gasteiger partial charge in [-0.15, -0.1) is 0 Å². The van der Waals surface area contributed by atoms with Crippen molar-refractivity contribution >= 4 is 5.91 Å². The van der Waals surface area contributed by atoms with Crippen molar-refractivity contribution in [2.45, 2.75) is 6.54 Å². The summed E-state index contributed by atoms with van der Waals surface area (Å²) in [5, 5.41) is 11.6. The molecule has 5 heteroatoms. The van der Waals surface area contributed by atoms with Crippen LogP contribution in [0, 0.1) is 17.1 Å². The Morgan fingerprint density at radius 1 is 1.12 bits per heavy atom. The average Bonchev–Trinajstić information content (AvgIpc) is 2.67. The standard InChI is InChI=1S/C20H14FN3O/c21-16-8-9-17(18(11-16)19-3-1-2-10-23-19)20(25)24-13-15-6-4-14(12-22)5-7-15/h1-11H,13H2,(H,24,25). The van der Waals surface area contributed by atoms with Gasteiger partial charge in [0.2, 0.25) is 0 Å². The van der Waals surface area contributed by atoms with E-state index in [1.54, 1.807) is 48.7 Å². The van der Waals surface area contributed by atoms with Crippen molar-refractivity contribution in [3.8, 4) is 17.3 Å². The van der Waals surface area contributed by atoms with Crippen molar-refractivity contribution in [3.63, 3.8) is 0 Å². The van der Waals surface area contributed by atoms with E-state index in [0.717, 1.165) is 5.56 Å². The van der Waals surface area contributed by atoms with Gasteiger partial charge in [-0.1, -0.05) is 18.2 Å². The minimum atomic E-state index is -0.427. The van der Waals surface area contributed by atoms with Gasteiger partial charge >= 0.3 is 0 Å². The van der Waals surface area contributed by atoms with Gasteiger partial charge in [-0.2, -0.15) is 5.26 Å². The number of benzene rings is 2. The predicted octanol–water partition coefficient (Wildman–Crippen LogP) is 3.69. The Hall–Kier alpha value is -3.52. The van der Waals surface area contributed by atoms with E-state index in [1.165, 1.54) is 18.2 Å². The van der Waals surface area contributed by atoms with Gasteiger partial charge in [0.15, 0.2) is 0 Å². The van der Waals surface area contributed by atoms with E-state index in [-0.39, 0.29) is 5.91 Å². The van der Waals surface area contributed by atoms with Crippen molar-refractivity contribution in [3.05, 3.63) is 89.4 Å². The zero-order valence-corrected chi connectivity index (χ0v) is 13.2. The van der Waals surface area contributed by atoms with Gasteiger partial charge in [0.05, 0.1) is 17.3 Å². The lowest BCUT2D eigenvalue weighted by Crippen LogP contribution is -2.23. The highest BCUT2D eigenvalue weighted by Crippen LogP contribution is 2.23. The second kappa shape index (κ2) is 7.37. The Labute approximate surface area is 144 Å². The van der Waals surface area contributed by atoms with E-state index in [1.807, 2.05) is 6.07 Å². The summed E-state index contributed by atoms with van der Waals surface area (Å²) >= 11 is 0. The SMILES string of the molecule is N#Cc1ccc(CNC(=O)c2ccc(F)cc2-c2ccccn2)cc1. The maximum Gasteiger partial charge on any atom is 0.252 e. The average molecular weight is 331 g/mol. The Morgan fingerprint density at radius 2 is 1.92 bits per heavy atom. The molecule has 0 saturated heterocycles. The third-order valence-electron chi connectivity index (χ3n) is 3.70. The number of rotatable bonds is 4. The number of halogens is 1. The molecule has 0 atom stereocenters. The number of hydrogen-bond acceptors (Lipinski definition) is 3. The number of nitrogens with one attached hydrogen (secondary N) is 1. The third-order valence-corrected chi connectivity index (χ3v) is 3.70. The lowest BCUT2D eigenvalue weighted by Gasteiger charge is -2.10. The van der Waals surface area contributed by atoms with E-state index in [2.05, 4.69) is 10.3 Å². The first kappa shape index (κ1) is 16.3. The number of carbonyl (C=O) groups is 1. The molecule has 0 aliphatic rings. The number of nitriles is 1. The molecule has 1 heterocycles. The molecule has 4 nitrogen and oxygen atoms in total. The molecule has 1 N–H and O–H groups in total. The monoisotopic (exact) mass is 331 g/mol. The highest BCUT2D eigenvalue weighted by molar-refractivity contribution is 6.00. The second-order valence-electron chi connectivity index (χ2n) is 5.40. The first-order chi connectivity index (χ1) is 12.2. The van der Waals surface area contributed by atoms with Crippen molar-refractivity contribution < 1.29 is 9.18 Å². The lowest BCUT2D eigenvalue weighted by atomic mass is 10.0. The fourth-order valence-corrected chi connectivity index (χ4v) is 2.42. The van der Waals surface area contributed by atoms with Crippen LogP contribution >= 0.6 is 0 Å². The summed E-state index contributed by atoms with van der Waals surface area (Å²) in [5.41, 5.74) is 2.76. The molecule has 0 radical (unpaired) electrons. The first-order valence-electron chi connectivity index (χ1n) is 7.65. The molecule has 0 unspecified atom stereocenters. The maximum atomic E-state index is 13.6. The van der Waals surface area contributed by atoms with E-state index < -0.39 is 5.82 Å². The van der Waals surface area contributed by atoms with E-state index in [4.69, 9.17) is 5.26 Å². The Morgan fingerprint density at radius 3 is 2.60 bits per heavy atom. The lowest BCUT2D eigenvalue weighted by molar-refractivity contribution is 0.0951. The molecule has 3 rings (SSSR count). The number of aromatic nitrogens is 1. The van der Waals surface area contributed by atoms with Gasteiger partial charge in [0.25, 0.3) is 5.91 Å². The van der Waals surface area contributed by atoms with Crippen molar-refractivity contribution in [1.29, 1.82) is 5.26 Å². The van der Waals surface area contributed by atoms with Gasteiger partial charge in [-0.05, 0) is 48.0 Å². The fourth-order valence-electron chi connectivity index (χ4n) is 2.42. The Balaban J connectivity index is 1.81. The minimum absolute atomic E-state index is 0.309. The van der Waals surface area contributed by atoms with Gasteiger partial charge in [-0.25, -0.2) is 4.39 Å². The van der Waals surface area contributed by atoms with Crippen LogP contribution < -0.4 is 5.32 Å². The molecule has 0 aliphatic heterocycles. The largest absolute Gasteiger partial charge is 0.348 e. The highest BCUT2D eigenvalue weighted by Gasteiger charge is 2.14. The van der Waals surface area contributed by atoms with Crippen molar-refractivity contribution in [2.75, 3.05) is 0 Å². The smallest absolute Gasteiger partial charge is 0.252 e. The third kappa shape index (κ3) is 3.88. The van der Waals surface area contributed by atoms with Crippen LogP contribution in [-0.2, 0) is 6.54 Å².